The number of nitrogens with zero attached hydrogens (tertiary/aromatic N) is 1. The van der Waals surface area contributed by atoms with Gasteiger partial charge in [0.2, 0.25) is 0 Å². The van der Waals surface area contributed by atoms with E-state index >= 15 is 0 Å². The minimum Gasteiger partial charge on any atom is -0.454 e. The predicted molar refractivity (Wildman–Crippen MR) is 68.9 cm³/mol. The lowest BCUT2D eigenvalue weighted by molar-refractivity contribution is 0.628. The maximum Gasteiger partial charge on any atom is 0.153 e. The van der Waals surface area contributed by atoms with Crippen LogP contribution in [0.5, 0.6) is 0 Å². The third-order valence-electron chi connectivity index (χ3n) is 3.03. The van der Waals surface area contributed by atoms with Gasteiger partial charge in [0.15, 0.2) is 5.76 Å². The Balaban J connectivity index is 2.17. The molecule has 1 aromatic carbocycles. The number of aromatic nitrogens is 1. The average Bonchev–Trinajstić information content (AvgIpc) is 2.76. The number of aryl methyl sites for hydroxylation is 2. The molecule has 0 unspecified atom stereocenters. The molecule has 0 bridgehead atoms. The SMILES string of the molecule is Cc1ccc(-c2cc3ccccc3o2)nc1C. The first-order valence-corrected chi connectivity index (χ1v) is 5.67. The second-order valence-corrected chi connectivity index (χ2v) is 4.25. The van der Waals surface area contributed by atoms with Crippen molar-refractivity contribution in [2.75, 3.05) is 0 Å². The van der Waals surface area contributed by atoms with Crippen molar-refractivity contribution >= 4 is 11.0 Å². The third-order valence-corrected chi connectivity index (χ3v) is 3.03. The first kappa shape index (κ1) is 10.1. The molecule has 0 spiro atoms. The summed E-state index contributed by atoms with van der Waals surface area (Å²) in [7, 11) is 0. The van der Waals surface area contributed by atoms with Gasteiger partial charge in [-0.2, -0.15) is 0 Å². The Morgan fingerprint density at radius 1 is 1.00 bits per heavy atom. The second kappa shape index (κ2) is 3.74. The summed E-state index contributed by atoms with van der Waals surface area (Å²) in [5.41, 5.74) is 4.04. The molecule has 0 saturated carbocycles. The van der Waals surface area contributed by atoms with E-state index in [9.17, 15) is 0 Å². The summed E-state index contributed by atoms with van der Waals surface area (Å²) in [6.45, 7) is 4.08. The summed E-state index contributed by atoms with van der Waals surface area (Å²) in [6, 6.07) is 14.1. The van der Waals surface area contributed by atoms with Crippen LogP contribution in [0.15, 0.2) is 46.9 Å². The largest absolute Gasteiger partial charge is 0.454 e. The van der Waals surface area contributed by atoms with Crippen molar-refractivity contribution in [2.45, 2.75) is 13.8 Å². The van der Waals surface area contributed by atoms with E-state index in [1.807, 2.05) is 43.3 Å². The summed E-state index contributed by atoms with van der Waals surface area (Å²) < 4.78 is 5.79. The zero-order valence-corrected chi connectivity index (χ0v) is 9.90. The summed E-state index contributed by atoms with van der Waals surface area (Å²) in [6.07, 6.45) is 0. The Morgan fingerprint density at radius 2 is 1.82 bits per heavy atom. The van der Waals surface area contributed by atoms with Crippen LogP contribution in [0.2, 0.25) is 0 Å². The fraction of sp³-hybridized carbons (Fsp3) is 0.133. The zero-order valence-electron chi connectivity index (χ0n) is 9.90. The first-order chi connectivity index (χ1) is 8.24. The Bertz CT molecular complexity index is 649. The second-order valence-electron chi connectivity index (χ2n) is 4.25. The molecule has 2 nitrogen and oxygen atoms in total. The number of rotatable bonds is 1. The smallest absolute Gasteiger partial charge is 0.153 e. The van der Waals surface area contributed by atoms with Crippen LogP contribution in [0.25, 0.3) is 22.4 Å². The summed E-state index contributed by atoms with van der Waals surface area (Å²) in [5.74, 6) is 0.828. The lowest BCUT2D eigenvalue weighted by Crippen LogP contribution is -1.88. The van der Waals surface area contributed by atoms with E-state index in [4.69, 9.17) is 4.42 Å². The molecule has 0 radical (unpaired) electrons. The van der Waals surface area contributed by atoms with Gasteiger partial charge in [-0.1, -0.05) is 24.3 Å². The third kappa shape index (κ3) is 1.72. The van der Waals surface area contributed by atoms with E-state index in [2.05, 4.69) is 18.0 Å². The van der Waals surface area contributed by atoms with Crippen molar-refractivity contribution in [3.8, 4) is 11.5 Å². The number of hydrogen-bond donors (Lipinski definition) is 0. The van der Waals surface area contributed by atoms with E-state index in [0.29, 0.717) is 0 Å². The van der Waals surface area contributed by atoms with Crippen molar-refractivity contribution < 1.29 is 4.42 Å². The molecule has 2 heteroatoms. The molecule has 2 heterocycles. The van der Waals surface area contributed by atoms with Gasteiger partial charge < -0.3 is 4.42 Å². The number of furan rings is 1. The standard InChI is InChI=1S/C15H13NO/c1-10-7-8-13(16-11(10)2)15-9-12-5-3-4-6-14(12)17-15/h3-9H,1-2H3. The number of benzene rings is 1. The first-order valence-electron chi connectivity index (χ1n) is 5.67. The lowest BCUT2D eigenvalue weighted by Gasteiger charge is -2.00. The predicted octanol–water partition coefficient (Wildman–Crippen LogP) is 4.11. The molecule has 3 aromatic rings. The highest BCUT2D eigenvalue weighted by Gasteiger charge is 2.07. The molecule has 84 valence electrons. The highest BCUT2D eigenvalue weighted by Crippen LogP contribution is 2.26. The van der Waals surface area contributed by atoms with Gasteiger partial charge in [0, 0.05) is 11.1 Å². The summed E-state index contributed by atoms with van der Waals surface area (Å²) >= 11 is 0. The molecule has 0 amide bonds. The van der Waals surface area contributed by atoms with Crippen LogP contribution in [-0.4, -0.2) is 4.98 Å². The van der Waals surface area contributed by atoms with Gasteiger partial charge in [0.1, 0.15) is 11.3 Å². The van der Waals surface area contributed by atoms with Crippen LogP contribution in [0.3, 0.4) is 0 Å². The molecule has 17 heavy (non-hydrogen) atoms. The summed E-state index contributed by atoms with van der Waals surface area (Å²) in [4.78, 5) is 4.54. The number of hydrogen-bond acceptors (Lipinski definition) is 2. The molecule has 2 aromatic heterocycles. The van der Waals surface area contributed by atoms with Gasteiger partial charge in [-0.25, -0.2) is 4.98 Å². The van der Waals surface area contributed by atoms with Crippen LogP contribution in [0.1, 0.15) is 11.3 Å². The fourth-order valence-electron chi connectivity index (χ4n) is 1.88. The maximum atomic E-state index is 5.79. The van der Waals surface area contributed by atoms with E-state index in [1.165, 1.54) is 5.56 Å². The molecule has 0 saturated heterocycles. The number of para-hydroxylation sites is 1. The zero-order chi connectivity index (χ0) is 11.8. The van der Waals surface area contributed by atoms with E-state index in [-0.39, 0.29) is 0 Å². The van der Waals surface area contributed by atoms with E-state index in [0.717, 1.165) is 28.1 Å². The Hall–Kier alpha value is -2.09. The van der Waals surface area contributed by atoms with Crippen LogP contribution in [-0.2, 0) is 0 Å². The van der Waals surface area contributed by atoms with Crippen molar-refractivity contribution in [1.82, 2.24) is 4.98 Å². The van der Waals surface area contributed by atoms with Crippen LogP contribution in [0, 0.1) is 13.8 Å². The van der Waals surface area contributed by atoms with Crippen LogP contribution >= 0.6 is 0 Å². The van der Waals surface area contributed by atoms with E-state index in [1.54, 1.807) is 0 Å². The minimum absolute atomic E-state index is 0.828. The van der Waals surface area contributed by atoms with E-state index < -0.39 is 0 Å². The lowest BCUT2D eigenvalue weighted by atomic mass is 10.2. The molecule has 0 N–H and O–H groups in total. The Labute approximate surface area is 99.9 Å². The van der Waals surface area contributed by atoms with Gasteiger partial charge in [-0.3, -0.25) is 0 Å². The maximum absolute atomic E-state index is 5.79. The average molecular weight is 223 g/mol. The van der Waals surface area contributed by atoms with Gasteiger partial charge >= 0.3 is 0 Å². The highest BCUT2D eigenvalue weighted by atomic mass is 16.3. The summed E-state index contributed by atoms with van der Waals surface area (Å²) in [5, 5.41) is 1.11. The molecule has 3 rings (SSSR count). The molecule has 0 aliphatic heterocycles. The molecular formula is C15H13NO. The number of fused-ring (bicyclic) bond motifs is 1. The number of pyridine rings is 1. The normalized spacial score (nSPS) is 10.9. The quantitative estimate of drug-likeness (QED) is 0.620. The highest BCUT2D eigenvalue weighted by molar-refractivity contribution is 5.82. The van der Waals surface area contributed by atoms with Crippen molar-refractivity contribution in [3.05, 3.63) is 53.7 Å². The molecule has 0 fully saturated rings. The van der Waals surface area contributed by atoms with Crippen molar-refractivity contribution in [2.24, 2.45) is 0 Å². The minimum atomic E-state index is 0.828. The van der Waals surface area contributed by atoms with Gasteiger partial charge in [0.25, 0.3) is 0 Å². The Kier molecular flexibility index (Phi) is 2.22. The van der Waals surface area contributed by atoms with Crippen molar-refractivity contribution in [3.63, 3.8) is 0 Å². The topological polar surface area (TPSA) is 26.0 Å². The van der Waals surface area contributed by atoms with Gasteiger partial charge in [0.05, 0.1) is 0 Å². The van der Waals surface area contributed by atoms with Gasteiger partial charge in [-0.15, -0.1) is 0 Å². The molecule has 0 aliphatic rings. The van der Waals surface area contributed by atoms with Crippen LogP contribution < -0.4 is 0 Å². The molecule has 0 aliphatic carbocycles. The molecular weight excluding hydrogens is 210 g/mol. The van der Waals surface area contributed by atoms with Crippen molar-refractivity contribution in [1.29, 1.82) is 0 Å². The molecule has 0 atom stereocenters. The monoisotopic (exact) mass is 223 g/mol. The Morgan fingerprint density at radius 3 is 2.59 bits per heavy atom. The van der Waals surface area contributed by atoms with Gasteiger partial charge in [-0.05, 0) is 37.6 Å². The fourth-order valence-corrected chi connectivity index (χ4v) is 1.88. The van der Waals surface area contributed by atoms with Crippen LogP contribution in [0.4, 0.5) is 0 Å².